The number of carbonyl (C=O) groups excluding carboxylic acids is 2. The van der Waals surface area contributed by atoms with Gasteiger partial charge in [0.15, 0.2) is 0 Å². The highest BCUT2D eigenvalue weighted by Crippen LogP contribution is 2.17. The van der Waals surface area contributed by atoms with Gasteiger partial charge in [0.25, 0.3) is 0 Å². The first-order valence-electron chi connectivity index (χ1n) is 8.13. The molecule has 1 aromatic carbocycles. The van der Waals surface area contributed by atoms with Crippen LogP contribution in [0.5, 0.6) is 5.75 Å². The molecule has 1 aromatic rings. The summed E-state index contributed by atoms with van der Waals surface area (Å²) in [7, 11) is 0. The predicted octanol–water partition coefficient (Wildman–Crippen LogP) is 3.53. The molecule has 0 saturated heterocycles. The van der Waals surface area contributed by atoms with Gasteiger partial charge in [0, 0.05) is 11.6 Å². The van der Waals surface area contributed by atoms with Gasteiger partial charge in [-0.15, -0.1) is 0 Å². The van der Waals surface area contributed by atoms with Crippen molar-refractivity contribution in [3.8, 4) is 5.75 Å². The number of rotatable bonds is 7. The molecule has 0 aliphatic rings. The molecule has 0 aliphatic heterocycles. The molecule has 2 amide bonds. The van der Waals surface area contributed by atoms with Gasteiger partial charge < -0.3 is 20.1 Å². The van der Waals surface area contributed by atoms with Crippen molar-refractivity contribution in [2.75, 3.05) is 13.2 Å². The fraction of sp³-hybridized carbons (Fsp3) is 0.556. The van der Waals surface area contributed by atoms with Gasteiger partial charge in [-0.05, 0) is 52.8 Å². The molecule has 0 aromatic heterocycles. The molecule has 1 rings (SSSR count). The summed E-state index contributed by atoms with van der Waals surface area (Å²) < 4.78 is 10.7. The molecular weight excluding hydrogens is 344 g/mol. The van der Waals surface area contributed by atoms with Crippen molar-refractivity contribution >= 4 is 23.6 Å². The van der Waals surface area contributed by atoms with Gasteiger partial charge in [-0.1, -0.05) is 17.7 Å². The Hall–Kier alpha value is -1.95. The van der Waals surface area contributed by atoms with E-state index in [-0.39, 0.29) is 25.5 Å². The number of halogens is 1. The van der Waals surface area contributed by atoms with Crippen LogP contribution in [0, 0.1) is 0 Å². The molecule has 0 aliphatic carbocycles. The second-order valence-corrected chi connectivity index (χ2v) is 7.78. The minimum absolute atomic E-state index is 0.169. The average molecular weight is 371 g/mol. The van der Waals surface area contributed by atoms with Gasteiger partial charge in [-0.2, -0.15) is 0 Å². The number of nitrogens with one attached hydrogen (secondary N) is 2. The standard InChI is InChI=1S/C18H27ClN2O4/c1-17(2,3)25-16(23)20-12-18(4,5)21-15(22)9-10-24-14-8-6-7-13(19)11-14/h6-8,11H,9-10,12H2,1-5H3,(H,20,23)(H,21,22). The van der Waals surface area contributed by atoms with E-state index in [1.54, 1.807) is 45.0 Å². The van der Waals surface area contributed by atoms with Crippen LogP contribution in [0.15, 0.2) is 24.3 Å². The summed E-state index contributed by atoms with van der Waals surface area (Å²) in [6.45, 7) is 9.50. The summed E-state index contributed by atoms with van der Waals surface area (Å²) in [5.41, 5.74) is -1.17. The number of hydrogen-bond donors (Lipinski definition) is 2. The highest BCUT2D eigenvalue weighted by Gasteiger charge is 2.23. The molecule has 0 bridgehead atoms. The second-order valence-electron chi connectivity index (χ2n) is 7.34. The van der Waals surface area contributed by atoms with E-state index < -0.39 is 17.2 Å². The lowest BCUT2D eigenvalue weighted by Crippen LogP contribution is -2.52. The normalized spacial score (nSPS) is 11.6. The zero-order chi connectivity index (χ0) is 19.1. The van der Waals surface area contributed by atoms with Crippen LogP contribution in [0.1, 0.15) is 41.0 Å². The average Bonchev–Trinajstić information content (AvgIpc) is 2.43. The number of carbonyl (C=O) groups is 2. The Bertz CT molecular complexity index is 597. The first-order chi connectivity index (χ1) is 11.5. The summed E-state index contributed by atoms with van der Waals surface area (Å²) in [6.07, 6.45) is -0.318. The van der Waals surface area contributed by atoms with Crippen LogP contribution in [0.25, 0.3) is 0 Å². The van der Waals surface area contributed by atoms with E-state index in [4.69, 9.17) is 21.1 Å². The van der Waals surface area contributed by atoms with Crippen LogP contribution < -0.4 is 15.4 Å². The molecule has 0 atom stereocenters. The van der Waals surface area contributed by atoms with Crippen molar-refractivity contribution in [3.63, 3.8) is 0 Å². The van der Waals surface area contributed by atoms with E-state index in [0.29, 0.717) is 10.8 Å². The first-order valence-corrected chi connectivity index (χ1v) is 8.51. The van der Waals surface area contributed by atoms with Gasteiger partial charge in [0.1, 0.15) is 11.4 Å². The molecule has 0 saturated carbocycles. The van der Waals surface area contributed by atoms with Crippen molar-refractivity contribution in [2.45, 2.75) is 52.2 Å². The third kappa shape index (κ3) is 9.82. The zero-order valence-electron chi connectivity index (χ0n) is 15.4. The Morgan fingerprint density at radius 1 is 1.16 bits per heavy atom. The molecule has 0 heterocycles. The Morgan fingerprint density at radius 2 is 1.84 bits per heavy atom. The molecule has 6 nitrogen and oxygen atoms in total. The second kappa shape index (κ2) is 8.94. The van der Waals surface area contributed by atoms with Crippen molar-refractivity contribution in [1.29, 1.82) is 0 Å². The van der Waals surface area contributed by atoms with Crippen LogP contribution in [0.2, 0.25) is 5.02 Å². The fourth-order valence-electron chi connectivity index (χ4n) is 1.91. The lowest BCUT2D eigenvalue weighted by atomic mass is 10.1. The third-order valence-electron chi connectivity index (χ3n) is 2.95. The highest BCUT2D eigenvalue weighted by molar-refractivity contribution is 6.30. The van der Waals surface area contributed by atoms with E-state index in [1.807, 2.05) is 13.8 Å². The highest BCUT2D eigenvalue weighted by atomic mass is 35.5. The van der Waals surface area contributed by atoms with E-state index >= 15 is 0 Å². The first kappa shape index (κ1) is 21.1. The van der Waals surface area contributed by atoms with Crippen LogP contribution >= 0.6 is 11.6 Å². The Balaban J connectivity index is 2.33. The molecule has 0 fully saturated rings. The molecule has 0 unspecified atom stereocenters. The smallest absolute Gasteiger partial charge is 0.407 e. The van der Waals surface area contributed by atoms with E-state index in [0.717, 1.165) is 0 Å². The van der Waals surface area contributed by atoms with Crippen LogP contribution in [-0.4, -0.2) is 36.3 Å². The summed E-state index contributed by atoms with van der Waals surface area (Å²) in [4.78, 5) is 23.7. The maximum absolute atomic E-state index is 12.0. The number of benzene rings is 1. The van der Waals surface area contributed by atoms with Crippen molar-refractivity contribution in [2.24, 2.45) is 0 Å². The minimum atomic E-state index is -0.607. The van der Waals surface area contributed by atoms with Crippen LogP contribution in [-0.2, 0) is 9.53 Å². The number of hydrogen-bond acceptors (Lipinski definition) is 4. The summed E-state index contributed by atoms with van der Waals surface area (Å²) in [5.74, 6) is 0.448. The largest absolute Gasteiger partial charge is 0.493 e. The monoisotopic (exact) mass is 370 g/mol. The Kier molecular flexibility index (Phi) is 7.55. The summed E-state index contributed by atoms with van der Waals surface area (Å²) in [6, 6.07) is 7.00. The lowest BCUT2D eigenvalue weighted by Gasteiger charge is -2.27. The van der Waals surface area contributed by atoms with E-state index in [9.17, 15) is 9.59 Å². The van der Waals surface area contributed by atoms with Crippen molar-refractivity contribution < 1.29 is 19.1 Å². The molecule has 2 N–H and O–H groups in total. The predicted molar refractivity (Wildman–Crippen MR) is 98.0 cm³/mol. The van der Waals surface area contributed by atoms with Gasteiger partial charge in [0.2, 0.25) is 5.91 Å². The molecule has 0 spiro atoms. The molecular formula is C18H27ClN2O4. The fourth-order valence-corrected chi connectivity index (χ4v) is 2.09. The SMILES string of the molecule is CC(C)(CNC(=O)OC(C)(C)C)NC(=O)CCOc1cccc(Cl)c1. The quantitative estimate of drug-likeness (QED) is 0.769. The molecule has 140 valence electrons. The van der Waals surface area contributed by atoms with Crippen molar-refractivity contribution in [3.05, 3.63) is 29.3 Å². The minimum Gasteiger partial charge on any atom is -0.493 e. The maximum atomic E-state index is 12.0. The van der Waals surface area contributed by atoms with E-state index in [2.05, 4.69) is 10.6 Å². The maximum Gasteiger partial charge on any atom is 0.407 e. The molecule has 25 heavy (non-hydrogen) atoms. The van der Waals surface area contributed by atoms with Gasteiger partial charge in [0.05, 0.1) is 18.6 Å². The third-order valence-corrected chi connectivity index (χ3v) is 3.18. The van der Waals surface area contributed by atoms with Gasteiger partial charge in [-0.3, -0.25) is 4.79 Å². The van der Waals surface area contributed by atoms with Gasteiger partial charge >= 0.3 is 6.09 Å². The summed E-state index contributed by atoms with van der Waals surface area (Å²) in [5, 5.41) is 6.09. The van der Waals surface area contributed by atoms with Crippen molar-refractivity contribution in [1.82, 2.24) is 10.6 Å². The Labute approximate surface area is 154 Å². The van der Waals surface area contributed by atoms with Crippen LogP contribution in [0.4, 0.5) is 4.79 Å². The lowest BCUT2D eigenvalue weighted by molar-refractivity contribution is -0.123. The van der Waals surface area contributed by atoms with Crippen LogP contribution in [0.3, 0.4) is 0 Å². The molecule has 0 radical (unpaired) electrons. The number of amides is 2. The Morgan fingerprint density at radius 3 is 2.44 bits per heavy atom. The number of ether oxygens (including phenoxy) is 2. The number of alkyl carbamates (subject to hydrolysis) is 1. The van der Waals surface area contributed by atoms with E-state index in [1.165, 1.54) is 0 Å². The topological polar surface area (TPSA) is 76.7 Å². The summed E-state index contributed by atoms with van der Waals surface area (Å²) >= 11 is 5.87. The molecule has 7 heteroatoms. The van der Waals surface area contributed by atoms with Gasteiger partial charge in [-0.25, -0.2) is 4.79 Å². The zero-order valence-corrected chi connectivity index (χ0v) is 16.2.